The van der Waals surface area contributed by atoms with E-state index < -0.39 is 0 Å². The topological polar surface area (TPSA) is 38.5 Å². The van der Waals surface area contributed by atoms with Gasteiger partial charge in [-0.25, -0.2) is 0 Å². The number of hydrogen-bond donors (Lipinski definition) is 1. The molecule has 90 valence electrons. The molecule has 1 heterocycles. The summed E-state index contributed by atoms with van der Waals surface area (Å²) in [7, 11) is 0. The third kappa shape index (κ3) is 4.49. The first-order chi connectivity index (χ1) is 7.30. The van der Waals surface area contributed by atoms with E-state index in [2.05, 4.69) is 18.7 Å². The largest absolute Gasteiger partial charge is 0.376 e. The predicted molar refractivity (Wildman–Crippen MR) is 63.9 cm³/mol. The van der Waals surface area contributed by atoms with Crippen LogP contribution in [-0.2, 0) is 4.74 Å². The van der Waals surface area contributed by atoms with Gasteiger partial charge in [-0.1, -0.05) is 20.3 Å². The van der Waals surface area contributed by atoms with Crippen LogP contribution in [0.1, 0.15) is 33.1 Å². The van der Waals surface area contributed by atoms with Gasteiger partial charge in [0.15, 0.2) is 0 Å². The van der Waals surface area contributed by atoms with Crippen LogP contribution in [0.3, 0.4) is 0 Å². The fourth-order valence-electron chi connectivity index (χ4n) is 2.08. The van der Waals surface area contributed by atoms with Crippen LogP contribution in [0.2, 0.25) is 0 Å². The van der Waals surface area contributed by atoms with Gasteiger partial charge in [-0.15, -0.1) is 0 Å². The van der Waals surface area contributed by atoms with E-state index >= 15 is 0 Å². The molecule has 3 heteroatoms. The molecule has 1 aliphatic rings. The molecule has 0 bridgehead atoms. The number of hydrogen-bond acceptors (Lipinski definition) is 3. The summed E-state index contributed by atoms with van der Waals surface area (Å²) in [5.41, 5.74) is 5.71. The van der Waals surface area contributed by atoms with Crippen molar-refractivity contribution in [3.63, 3.8) is 0 Å². The van der Waals surface area contributed by atoms with Crippen molar-refractivity contribution in [1.82, 2.24) is 4.90 Å². The molecule has 3 nitrogen and oxygen atoms in total. The Labute approximate surface area is 94.0 Å². The molecule has 0 aromatic rings. The minimum Gasteiger partial charge on any atom is -0.376 e. The normalized spacial score (nSPS) is 25.4. The lowest BCUT2D eigenvalue weighted by atomic mass is 10.0. The highest BCUT2D eigenvalue weighted by molar-refractivity contribution is 4.71. The Balaban J connectivity index is 2.20. The highest BCUT2D eigenvalue weighted by atomic mass is 16.5. The molecule has 0 aliphatic carbocycles. The predicted octanol–water partition coefficient (Wildman–Crippen LogP) is 1.47. The lowest BCUT2D eigenvalue weighted by Crippen LogP contribution is -2.43. The maximum atomic E-state index is 5.71. The van der Waals surface area contributed by atoms with Crippen LogP contribution in [-0.4, -0.2) is 43.8 Å². The van der Waals surface area contributed by atoms with Crippen LogP contribution < -0.4 is 5.73 Å². The zero-order valence-electron chi connectivity index (χ0n) is 10.2. The summed E-state index contributed by atoms with van der Waals surface area (Å²) in [6, 6.07) is 0. The standard InChI is InChI=1S/C12H26N2O/c1-3-11(9-13)5-6-14-7-8-15-12(4-2)10-14/h11-12H,3-10,13H2,1-2H3. The van der Waals surface area contributed by atoms with E-state index in [4.69, 9.17) is 10.5 Å². The molecule has 15 heavy (non-hydrogen) atoms. The van der Waals surface area contributed by atoms with Crippen LogP contribution in [0.4, 0.5) is 0 Å². The first-order valence-electron chi connectivity index (χ1n) is 6.34. The number of morpholine rings is 1. The zero-order chi connectivity index (χ0) is 11.1. The number of ether oxygens (including phenoxy) is 1. The quantitative estimate of drug-likeness (QED) is 0.728. The van der Waals surface area contributed by atoms with Gasteiger partial charge in [0.05, 0.1) is 12.7 Å². The van der Waals surface area contributed by atoms with E-state index in [9.17, 15) is 0 Å². The van der Waals surface area contributed by atoms with Crippen molar-refractivity contribution < 1.29 is 4.74 Å². The average molecular weight is 214 g/mol. The van der Waals surface area contributed by atoms with Crippen molar-refractivity contribution in [1.29, 1.82) is 0 Å². The second-order valence-corrected chi connectivity index (χ2v) is 4.50. The second-order valence-electron chi connectivity index (χ2n) is 4.50. The summed E-state index contributed by atoms with van der Waals surface area (Å²) in [6.07, 6.45) is 4.03. The molecule has 2 atom stereocenters. The summed E-state index contributed by atoms with van der Waals surface area (Å²) >= 11 is 0. The smallest absolute Gasteiger partial charge is 0.0700 e. The van der Waals surface area contributed by atoms with Gasteiger partial charge >= 0.3 is 0 Å². The van der Waals surface area contributed by atoms with E-state index in [0.29, 0.717) is 12.0 Å². The van der Waals surface area contributed by atoms with Gasteiger partial charge in [0.1, 0.15) is 0 Å². The van der Waals surface area contributed by atoms with Gasteiger partial charge < -0.3 is 10.5 Å². The van der Waals surface area contributed by atoms with Crippen LogP contribution in [0.25, 0.3) is 0 Å². The molecule has 0 spiro atoms. The van der Waals surface area contributed by atoms with Crippen LogP contribution >= 0.6 is 0 Å². The number of nitrogens with two attached hydrogens (primary N) is 1. The summed E-state index contributed by atoms with van der Waals surface area (Å²) < 4.78 is 5.65. The van der Waals surface area contributed by atoms with Crippen molar-refractivity contribution in [3.8, 4) is 0 Å². The minimum atomic E-state index is 0.455. The molecule has 1 rings (SSSR count). The molecule has 2 unspecified atom stereocenters. The van der Waals surface area contributed by atoms with Gasteiger partial charge in [-0.05, 0) is 31.8 Å². The third-order valence-corrected chi connectivity index (χ3v) is 3.44. The fraction of sp³-hybridized carbons (Fsp3) is 1.00. The van der Waals surface area contributed by atoms with Crippen molar-refractivity contribution in [3.05, 3.63) is 0 Å². The van der Waals surface area contributed by atoms with Crippen molar-refractivity contribution in [2.75, 3.05) is 32.8 Å². The van der Waals surface area contributed by atoms with Crippen LogP contribution in [0.15, 0.2) is 0 Å². The molecular formula is C12H26N2O. The van der Waals surface area contributed by atoms with E-state index in [1.165, 1.54) is 19.4 Å². The fourth-order valence-corrected chi connectivity index (χ4v) is 2.08. The molecule has 0 amide bonds. The van der Waals surface area contributed by atoms with Gasteiger partial charge in [-0.3, -0.25) is 4.90 Å². The lowest BCUT2D eigenvalue weighted by molar-refractivity contribution is -0.0309. The van der Waals surface area contributed by atoms with E-state index in [1.807, 2.05) is 0 Å². The number of rotatable bonds is 6. The Morgan fingerprint density at radius 2 is 2.27 bits per heavy atom. The molecular weight excluding hydrogens is 188 g/mol. The van der Waals surface area contributed by atoms with E-state index in [1.54, 1.807) is 0 Å². The Bertz CT molecular complexity index is 160. The average Bonchev–Trinajstić information content (AvgIpc) is 2.31. The second kappa shape index (κ2) is 7.20. The highest BCUT2D eigenvalue weighted by Gasteiger charge is 2.19. The maximum Gasteiger partial charge on any atom is 0.0700 e. The summed E-state index contributed by atoms with van der Waals surface area (Å²) in [5, 5.41) is 0. The van der Waals surface area contributed by atoms with Gasteiger partial charge in [0, 0.05) is 13.1 Å². The summed E-state index contributed by atoms with van der Waals surface area (Å²) in [6.45, 7) is 9.55. The molecule has 1 fully saturated rings. The zero-order valence-corrected chi connectivity index (χ0v) is 10.2. The Morgan fingerprint density at radius 1 is 1.47 bits per heavy atom. The molecule has 0 aromatic carbocycles. The van der Waals surface area contributed by atoms with Crippen molar-refractivity contribution in [2.45, 2.75) is 39.2 Å². The molecule has 1 saturated heterocycles. The SMILES string of the molecule is CCC(CN)CCN1CCOC(CC)C1. The molecule has 0 radical (unpaired) electrons. The molecule has 2 N–H and O–H groups in total. The van der Waals surface area contributed by atoms with Crippen molar-refractivity contribution >= 4 is 0 Å². The van der Waals surface area contributed by atoms with Crippen LogP contribution in [0, 0.1) is 5.92 Å². The summed E-state index contributed by atoms with van der Waals surface area (Å²) in [5.74, 6) is 0.702. The Morgan fingerprint density at radius 3 is 2.87 bits per heavy atom. The first kappa shape index (κ1) is 12.9. The van der Waals surface area contributed by atoms with E-state index in [0.717, 1.165) is 32.7 Å². The Hall–Kier alpha value is -0.120. The monoisotopic (exact) mass is 214 g/mol. The molecule has 0 aromatic heterocycles. The Kier molecular flexibility index (Phi) is 6.22. The lowest BCUT2D eigenvalue weighted by Gasteiger charge is -2.33. The van der Waals surface area contributed by atoms with E-state index in [-0.39, 0.29) is 0 Å². The summed E-state index contributed by atoms with van der Waals surface area (Å²) in [4.78, 5) is 2.52. The van der Waals surface area contributed by atoms with Gasteiger partial charge in [0.2, 0.25) is 0 Å². The highest BCUT2D eigenvalue weighted by Crippen LogP contribution is 2.12. The minimum absolute atomic E-state index is 0.455. The molecule has 0 saturated carbocycles. The maximum absolute atomic E-state index is 5.71. The van der Waals surface area contributed by atoms with Gasteiger partial charge in [0.25, 0.3) is 0 Å². The van der Waals surface area contributed by atoms with Crippen molar-refractivity contribution in [2.24, 2.45) is 11.7 Å². The van der Waals surface area contributed by atoms with Crippen LogP contribution in [0.5, 0.6) is 0 Å². The van der Waals surface area contributed by atoms with Gasteiger partial charge in [-0.2, -0.15) is 0 Å². The third-order valence-electron chi connectivity index (χ3n) is 3.44. The molecule has 1 aliphatic heterocycles. The number of nitrogens with zero attached hydrogens (tertiary/aromatic N) is 1. The first-order valence-corrected chi connectivity index (χ1v) is 6.34.